The van der Waals surface area contributed by atoms with Crippen molar-refractivity contribution in [2.75, 3.05) is 46.2 Å². The summed E-state index contributed by atoms with van der Waals surface area (Å²) in [5, 5.41) is 0. The summed E-state index contributed by atoms with van der Waals surface area (Å²) < 4.78 is 366. The van der Waals surface area contributed by atoms with Gasteiger partial charge >= 0.3 is 137 Å². The lowest BCUT2D eigenvalue weighted by Gasteiger charge is -2.52. The summed E-state index contributed by atoms with van der Waals surface area (Å²) in [5.41, 5.74) is 0. The van der Waals surface area contributed by atoms with Crippen molar-refractivity contribution in [1.82, 2.24) is 0 Å². The van der Waals surface area contributed by atoms with E-state index in [1.807, 2.05) is 0 Å². The zero-order valence-corrected chi connectivity index (χ0v) is 76.7. The van der Waals surface area contributed by atoms with E-state index in [9.17, 15) is 121 Å². The lowest BCUT2D eigenvalue weighted by molar-refractivity contribution is -0.439. The molecule has 0 unspecified atom stereocenters. The highest BCUT2D eigenvalue weighted by atomic mass is 19.4. The maximum Gasteiger partial charge on any atom is 0.460 e. The summed E-state index contributed by atoms with van der Waals surface area (Å²) in [4.78, 5) is 232. The molecular weight excluding hydrogens is 1960 g/mol. The largest absolute Gasteiger partial charge is 0.463 e. The first kappa shape index (κ1) is 116. The summed E-state index contributed by atoms with van der Waals surface area (Å²) >= 11 is 0. The van der Waals surface area contributed by atoms with Gasteiger partial charge in [0.2, 0.25) is 0 Å². The molecule has 0 amide bonds. The Kier molecular flexibility index (Phi) is 40.6. The van der Waals surface area contributed by atoms with Crippen molar-refractivity contribution >= 4 is 101 Å². The second-order valence-electron chi connectivity index (χ2n) is 31.5. The second-order valence-corrected chi connectivity index (χ2v) is 31.5. The Bertz CT molecular complexity index is 4380. The van der Waals surface area contributed by atoms with Gasteiger partial charge in [-0.2, -0.15) is 57.1 Å². The SMILES string of the molecule is CC(=O)OC[C@H]1O[C@@H]2O[C@H]3[C@H](OC(C)=O)[C@@H](OC(C)=O)[C@@H](O[C@H]4[C@H](OC(C)=O)[C@@H](OC(C)=O)[C@@H](O[C@H]5[C@H](OC(C)=O)[C@@H](OC(C)=O)[C@@H](O[C@H]6[C@H](OC(C)=O)[C@@H](OC(C)=O)[C@@H](O[C@H]7[C@H](OC(C)=O)[C@@H](OC(C)=O)[C@@H](O[C@H]1[C@H](OC(C)=O)[C@H]2OC(C)=O)O[C@@H]7COC/C=C/CC(F)(F)C(F)(F)C(F)(F)C(F)(F)C(F)(F)C(F)(F)F)O[C@@H]6COC(C)=O)O[C@@H]5COC(C)=O)O[C@@H]4COC(C)=O)O[C@@H]3COC(C)=O. The van der Waals surface area contributed by atoms with E-state index in [2.05, 4.69) is 0 Å². The third kappa shape index (κ3) is 29.7. The Morgan fingerprint density at radius 2 is 0.371 bits per heavy atom. The van der Waals surface area contributed by atoms with Gasteiger partial charge in [-0.05, 0) is 0 Å². The number of alkyl halides is 13. The highest BCUT2D eigenvalue weighted by molar-refractivity contribution is 5.72. The molecule has 30 atom stereocenters. The van der Waals surface area contributed by atoms with Gasteiger partial charge in [0.25, 0.3) is 0 Å². The number of allylic oxidation sites excluding steroid dienone is 1. The van der Waals surface area contributed by atoms with Crippen LogP contribution in [-0.2, 0) is 224 Å². The third-order valence-corrected chi connectivity index (χ3v) is 20.2. The first-order valence-electron chi connectivity index (χ1n) is 41.6. The molecule has 22 rings (SSSR count). The number of esters is 17. The molecule has 22 saturated heterocycles. The fraction of sp³-hybridized carbons (Fsp3) is 0.762. The van der Waals surface area contributed by atoms with Crippen LogP contribution in [-0.4, -0.2) is 368 Å². The molecule has 22 heterocycles. The molecule has 0 spiro atoms. The predicted molar refractivity (Wildman–Crippen MR) is 406 cm³/mol. The van der Waals surface area contributed by atoms with Crippen LogP contribution in [0.1, 0.15) is 124 Å². The molecule has 22 aliphatic rings. The van der Waals surface area contributed by atoms with Gasteiger partial charge in [0.15, 0.2) is 111 Å². The van der Waals surface area contributed by atoms with E-state index in [0.717, 1.165) is 69.2 Å². The average molecular weight is 2060 g/mol. The summed E-state index contributed by atoms with van der Waals surface area (Å²) in [6.07, 6.45) is -85.1. The zero-order chi connectivity index (χ0) is 105. The molecule has 792 valence electrons. The Balaban J connectivity index is 1.63. The fourth-order valence-corrected chi connectivity index (χ4v) is 15.0. The molecule has 140 heavy (non-hydrogen) atoms. The second kappa shape index (κ2) is 48.9. The average Bonchev–Trinajstić information content (AvgIpc) is 0.707. The topological polar surface area (TPSA) is 567 Å². The molecule has 0 saturated carbocycles. The van der Waals surface area contributed by atoms with Crippen molar-refractivity contribution in [3.8, 4) is 0 Å². The van der Waals surface area contributed by atoms with Crippen LogP contribution in [0.4, 0.5) is 57.1 Å². The standard InChI is InChI=1S/C80H99F13O47/c1-28(94)112-23-46-52-58(118-34(7)100)65(125-41(14)107)71(131-46)138-54-48(25-114-30(3)96)133-73(67(127-43(16)109)60(54)120-36(9)102)140-56-50(27-116-32(5)98)134-74(68(128-44(17)110)62(56)122-38(11)104)139-55-49(26-115-31(4)97)132-72(66(126-42(15)108)61(55)121-37(10)103)137-53-47(24-113-29(2)95)130-70(64(124-40(13)106)59(53)119-35(8)101)135-51-45(129-69(136-52)63(123-39(12)105)57(51)117-33(6)99)22-111-21-19-18-20-75(81,82)76(83,84)77(85,86)78(87,88)79(89,90)80(91,92)93/h18-19,45-74H,20-27H2,1-17H3/b19-18+/t45-,46-,47-,48-,49-,50-,51-,52-,53-,54-,55-,56-,57+,58+,59+,60+,61+,62+,63-,64-,65-,66-,67-,68-,69-,70-,71-,72-,73-,74-/m1/s1. The zero-order valence-electron chi connectivity index (χ0n) is 76.7. The number of carbonyl (C=O) groups is 17. The minimum Gasteiger partial charge on any atom is -0.463 e. The van der Waals surface area contributed by atoms with Gasteiger partial charge in [0, 0.05) is 124 Å². The quantitative estimate of drug-likeness (QED) is 0.0307. The van der Waals surface area contributed by atoms with Crippen LogP contribution in [0.3, 0.4) is 0 Å². The Labute approximate surface area is 782 Å². The monoisotopic (exact) mass is 2060 g/mol. The number of rotatable bonds is 32. The van der Waals surface area contributed by atoms with E-state index in [4.69, 9.17) is 142 Å². The van der Waals surface area contributed by atoms with E-state index in [-0.39, 0.29) is 12.2 Å². The van der Waals surface area contributed by atoms with Gasteiger partial charge in [0.05, 0.1) is 13.2 Å². The lowest BCUT2D eigenvalue weighted by Crippen LogP contribution is -2.71. The molecule has 0 aliphatic carbocycles. The first-order chi connectivity index (χ1) is 64.8. The Morgan fingerprint density at radius 1 is 0.207 bits per heavy atom. The van der Waals surface area contributed by atoms with Gasteiger partial charge in [-0.25, -0.2) is 0 Å². The molecule has 12 bridgehead atoms. The maximum atomic E-state index is 15.3. The van der Waals surface area contributed by atoms with Gasteiger partial charge < -0.3 is 142 Å². The van der Waals surface area contributed by atoms with Crippen LogP contribution in [0.15, 0.2) is 12.2 Å². The highest BCUT2D eigenvalue weighted by Gasteiger charge is 2.90. The number of hydrogen-bond acceptors (Lipinski definition) is 47. The highest BCUT2D eigenvalue weighted by Crippen LogP contribution is 2.61. The molecule has 0 aromatic rings. The lowest BCUT2D eigenvalue weighted by atomic mass is 9.92. The minimum atomic E-state index is -8.32. The number of hydrogen-bond donors (Lipinski definition) is 0. The molecule has 0 aromatic heterocycles. The Hall–Kier alpha value is -10.7. The van der Waals surface area contributed by atoms with E-state index < -0.39 is 374 Å². The minimum absolute atomic E-state index is 0.129. The summed E-state index contributed by atoms with van der Waals surface area (Å²) in [6, 6.07) is 0. The van der Waals surface area contributed by atoms with Crippen molar-refractivity contribution in [2.24, 2.45) is 0 Å². The van der Waals surface area contributed by atoms with Crippen molar-refractivity contribution in [1.29, 1.82) is 0 Å². The molecular formula is C80H99F13O47. The molecule has 0 aromatic carbocycles. The van der Waals surface area contributed by atoms with E-state index in [1.54, 1.807) is 0 Å². The van der Waals surface area contributed by atoms with E-state index >= 15 is 17.6 Å². The number of carbonyl (C=O) groups excluding carboxylic acids is 17. The van der Waals surface area contributed by atoms with E-state index in [0.29, 0.717) is 48.5 Å². The first-order valence-corrected chi connectivity index (χ1v) is 41.6. The normalized spacial score (nSPS) is 32.3. The van der Waals surface area contributed by atoms with Crippen LogP contribution >= 0.6 is 0 Å². The van der Waals surface area contributed by atoms with Crippen molar-refractivity contribution < 1.29 is 281 Å². The summed E-state index contributed by atoms with van der Waals surface area (Å²) in [6.45, 7) is 3.28. The summed E-state index contributed by atoms with van der Waals surface area (Å²) in [7, 11) is 0. The Morgan fingerprint density at radius 3 is 0.536 bits per heavy atom. The molecule has 0 radical (unpaired) electrons. The number of halogens is 13. The van der Waals surface area contributed by atoms with Gasteiger partial charge in [-0.1, -0.05) is 12.2 Å². The maximum absolute atomic E-state index is 15.3. The molecule has 22 aliphatic heterocycles. The summed E-state index contributed by atoms with van der Waals surface area (Å²) in [5.74, 6) is -62.3. The van der Waals surface area contributed by atoms with Crippen LogP contribution < -0.4 is 0 Å². The molecule has 60 heteroatoms. The van der Waals surface area contributed by atoms with Gasteiger partial charge in [-0.15, -0.1) is 0 Å². The van der Waals surface area contributed by atoms with Gasteiger partial charge in [-0.3, -0.25) is 81.5 Å². The van der Waals surface area contributed by atoms with Crippen LogP contribution in [0.5, 0.6) is 0 Å². The van der Waals surface area contributed by atoms with Crippen LogP contribution in [0.25, 0.3) is 0 Å². The molecule has 0 N–H and O–H groups in total. The van der Waals surface area contributed by atoms with Crippen LogP contribution in [0, 0.1) is 0 Å². The van der Waals surface area contributed by atoms with Crippen molar-refractivity contribution in [2.45, 2.75) is 344 Å². The van der Waals surface area contributed by atoms with Gasteiger partial charge in [0.1, 0.15) is 106 Å². The van der Waals surface area contributed by atoms with E-state index in [1.165, 1.54) is 0 Å². The molecule has 22 fully saturated rings. The van der Waals surface area contributed by atoms with Crippen LogP contribution in [0.2, 0.25) is 0 Å². The molecule has 47 nitrogen and oxygen atoms in total. The van der Waals surface area contributed by atoms with Crippen molar-refractivity contribution in [3.05, 3.63) is 12.2 Å². The number of ether oxygens (including phenoxy) is 30. The third-order valence-electron chi connectivity index (χ3n) is 20.2. The smallest absolute Gasteiger partial charge is 0.460 e. The predicted octanol–water partition coefficient (Wildman–Crippen LogP) is 2.36. The van der Waals surface area contributed by atoms with Crippen molar-refractivity contribution in [3.63, 3.8) is 0 Å². The fourth-order valence-electron chi connectivity index (χ4n) is 15.0.